The van der Waals surface area contributed by atoms with Crippen LogP contribution in [0.25, 0.3) is 10.8 Å². The molecule has 7 heteroatoms. The van der Waals surface area contributed by atoms with Gasteiger partial charge in [-0.2, -0.15) is 0 Å². The lowest BCUT2D eigenvalue weighted by molar-refractivity contribution is -0.131. The largest absolute Gasteiger partial charge is 0.443 e. The van der Waals surface area contributed by atoms with Crippen LogP contribution in [-0.4, -0.2) is 27.4 Å². The van der Waals surface area contributed by atoms with E-state index in [-0.39, 0.29) is 24.4 Å². The molecule has 1 aliphatic heterocycles. The molecule has 1 saturated heterocycles. The van der Waals surface area contributed by atoms with E-state index in [1.54, 1.807) is 0 Å². The number of amides is 3. The van der Waals surface area contributed by atoms with Crippen molar-refractivity contribution in [3.63, 3.8) is 0 Å². The van der Waals surface area contributed by atoms with Gasteiger partial charge < -0.3 is 9.73 Å². The van der Waals surface area contributed by atoms with Gasteiger partial charge in [0.05, 0.1) is 17.1 Å². The van der Waals surface area contributed by atoms with E-state index in [0.29, 0.717) is 11.6 Å². The van der Waals surface area contributed by atoms with E-state index < -0.39 is 5.54 Å². The SMILES string of the molecule is CC1(C2CC2)NC(=O)N(Cc2coc(-c3cccs3)n2)C1=O. The number of carbonyl (C=O) groups is 2. The highest BCUT2D eigenvalue weighted by Gasteiger charge is 2.55. The molecule has 4 rings (SSSR count). The molecule has 1 unspecified atom stereocenters. The number of thiophene rings is 1. The van der Waals surface area contributed by atoms with E-state index >= 15 is 0 Å². The van der Waals surface area contributed by atoms with Gasteiger partial charge in [-0.15, -0.1) is 11.3 Å². The van der Waals surface area contributed by atoms with E-state index in [1.807, 2.05) is 24.4 Å². The molecule has 0 spiro atoms. The Kier molecular flexibility index (Phi) is 2.87. The predicted octanol–water partition coefficient (Wildman–Crippen LogP) is 2.62. The van der Waals surface area contributed by atoms with Crippen LogP contribution in [0.2, 0.25) is 0 Å². The van der Waals surface area contributed by atoms with Gasteiger partial charge >= 0.3 is 6.03 Å². The van der Waals surface area contributed by atoms with E-state index in [9.17, 15) is 9.59 Å². The van der Waals surface area contributed by atoms with E-state index in [2.05, 4.69) is 10.3 Å². The molecule has 1 atom stereocenters. The fourth-order valence-corrected chi connectivity index (χ4v) is 3.51. The molecule has 2 aliphatic rings. The number of aromatic nitrogens is 1. The Morgan fingerprint density at radius 2 is 2.32 bits per heavy atom. The highest BCUT2D eigenvalue weighted by molar-refractivity contribution is 7.13. The molecule has 0 radical (unpaired) electrons. The van der Waals surface area contributed by atoms with E-state index in [1.165, 1.54) is 22.5 Å². The third-order valence-corrected chi connectivity index (χ3v) is 5.16. The number of imide groups is 1. The third-order valence-electron chi connectivity index (χ3n) is 4.30. The molecule has 22 heavy (non-hydrogen) atoms. The van der Waals surface area contributed by atoms with Crippen molar-refractivity contribution in [2.45, 2.75) is 31.8 Å². The maximum Gasteiger partial charge on any atom is 0.325 e. The zero-order valence-corrected chi connectivity index (χ0v) is 12.9. The first-order valence-corrected chi connectivity index (χ1v) is 8.08. The quantitative estimate of drug-likeness (QED) is 0.880. The van der Waals surface area contributed by atoms with Crippen LogP contribution < -0.4 is 5.32 Å². The summed E-state index contributed by atoms with van der Waals surface area (Å²) in [6, 6.07) is 3.49. The van der Waals surface area contributed by atoms with Gasteiger partial charge in [0.25, 0.3) is 5.91 Å². The second kappa shape index (κ2) is 4.67. The van der Waals surface area contributed by atoms with Crippen molar-refractivity contribution < 1.29 is 14.0 Å². The Bertz CT molecular complexity index is 735. The summed E-state index contributed by atoms with van der Waals surface area (Å²) in [5.74, 6) is 0.607. The smallest absolute Gasteiger partial charge is 0.325 e. The average Bonchev–Trinajstić information content (AvgIpc) is 2.95. The van der Waals surface area contributed by atoms with Crippen molar-refractivity contribution in [2.24, 2.45) is 5.92 Å². The lowest BCUT2D eigenvalue weighted by Crippen LogP contribution is -2.46. The van der Waals surface area contributed by atoms with Gasteiger partial charge in [-0.25, -0.2) is 9.78 Å². The Labute approximate surface area is 131 Å². The number of nitrogens with one attached hydrogen (secondary N) is 1. The first kappa shape index (κ1) is 13.5. The van der Waals surface area contributed by atoms with Gasteiger partial charge in [0.15, 0.2) is 0 Å². The highest BCUT2D eigenvalue weighted by atomic mass is 32.1. The van der Waals surface area contributed by atoms with Crippen molar-refractivity contribution >= 4 is 23.3 Å². The van der Waals surface area contributed by atoms with Crippen LogP contribution in [0.1, 0.15) is 25.5 Å². The number of nitrogens with zero attached hydrogens (tertiary/aromatic N) is 2. The molecule has 1 aliphatic carbocycles. The molecular formula is C15H15N3O3S. The lowest BCUT2D eigenvalue weighted by Gasteiger charge is -2.20. The van der Waals surface area contributed by atoms with Crippen molar-refractivity contribution in [3.8, 4) is 10.8 Å². The summed E-state index contributed by atoms with van der Waals surface area (Å²) in [6.45, 7) is 1.95. The Hall–Kier alpha value is -2.15. The fourth-order valence-electron chi connectivity index (χ4n) is 2.85. The zero-order chi connectivity index (χ0) is 15.3. The van der Waals surface area contributed by atoms with Crippen molar-refractivity contribution in [1.82, 2.24) is 15.2 Å². The van der Waals surface area contributed by atoms with Crippen LogP contribution in [-0.2, 0) is 11.3 Å². The molecule has 3 amide bonds. The minimum absolute atomic E-state index is 0.141. The Morgan fingerprint density at radius 3 is 3.00 bits per heavy atom. The van der Waals surface area contributed by atoms with E-state index in [0.717, 1.165) is 17.7 Å². The average molecular weight is 317 g/mol. The first-order chi connectivity index (χ1) is 10.6. The summed E-state index contributed by atoms with van der Waals surface area (Å²) < 4.78 is 5.43. The summed E-state index contributed by atoms with van der Waals surface area (Å²) in [7, 11) is 0. The normalized spacial score (nSPS) is 24.9. The lowest BCUT2D eigenvalue weighted by atomic mass is 9.96. The monoisotopic (exact) mass is 317 g/mol. The second-order valence-electron chi connectivity index (χ2n) is 5.92. The number of urea groups is 1. The van der Waals surface area contributed by atoms with Crippen LogP contribution in [0.4, 0.5) is 4.79 Å². The molecule has 2 fully saturated rings. The van der Waals surface area contributed by atoms with Crippen LogP contribution >= 0.6 is 11.3 Å². The molecule has 2 aromatic heterocycles. The molecule has 114 valence electrons. The van der Waals surface area contributed by atoms with Gasteiger partial charge in [-0.1, -0.05) is 6.07 Å². The van der Waals surface area contributed by atoms with Gasteiger partial charge in [0.1, 0.15) is 11.8 Å². The number of oxazole rings is 1. The van der Waals surface area contributed by atoms with Gasteiger partial charge in [0, 0.05) is 0 Å². The molecule has 1 N–H and O–H groups in total. The number of carbonyl (C=O) groups excluding carboxylic acids is 2. The highest BCUT2D eigenvalue weighted by Crippen LogP contribution is 2.42. The van der Waals surface area contributed by atoms with Crippen LogP contribution in [0, 0.1) is 5.92 Å². The minimum Gasteiger partial charge on any atom is -0.443 e. The second-order valence-corrected chi connectivity index (χ2v) is 6.87. The van der Waals surface area contributed by atoms with Crippen molar-refractivity contribution in [2.75, 3.05) is 0 Å². The third kappa shape index (κ3) is 2.04. The number of hydrogen-bond donors (Lipinski definition) is 1. The van der Waals surface area contributed by atoms with E-state index in [4.69, 9.17) is 4.42 Å². The molecule has 0 aromatic carbocycles. The summed E-state index contributed by atoms with van der Waals surface area (Å²) >= 11 is 1.53. The zero-order valence-electron chi connectivity index (χ0n) is 12.0. The van der Waals surface area contributed by atoms with Crippen LogP contribution in [0.15, 0.2) is 28.2 Å². The minimum atomic E-state index is -0.753. The van der Waals surface area contributed by atoms with Crippen LogP contribution in [0.3, 0.4) is 0 Å². The Balaban J connectivity index is 1.54. The number of hydrogen-bond acceptors (Lipinski definition) is 5. The van der Waals surface area contributed by atoms with Gasteiger partial charge in [0.2, 0.25) is 5.89 Å². The predicted molar refractivity (Wildman–Crippen MR) is 80.0 cm³/mol. The molecule has 1 saturated carbocycles. The van der Waals surface area contributed by atoms with Gasteiger partial charge in [-0.3, -0.25) is 9.69 Å². The van der Waals surface area contributed by atoms with Crippen molar-refractivity contribution in [1.29, 1.82) is 0 Å². The van der Waals surface area contributed by atoms with Crippen molar-refractivity contribution in [3.05, 3.63) is 29.5 Å². The summed E-state index contributed by atoms with van der Waals surface area (Å²) in [5.41, 5.74) is -0.177. The summed E-state index contributed by atoms with van der Waals surface area (Å²) in [5, 5.41) is 4.77. The summed E-state index contributed by atoms with van der Waals surface area (Å²) in [4.78, 5) is 31.2. The maximum absolute atomic E-state index is 12.5. The maximum atomic E-state index is 12.5. The van der Waals surface area contributed by atoms with Crippen LogP contribution in [0.5, 0.6) is 0 Å². The van der Waals surface area contributed by atoms with Gasteiger partial charge in [-0.05, 0) is 37.1 Å². The summed E-state index contributed by atoms with van der Waals surface area (Å²) in [6.07, 6.45) is 3.48. The standard InChI is InChI=1S/C15H15N3O3S/c1-15(9-4-5-9)13(19)18(14(20)17-15)7-10-8-21-12(16-10)11-3-2-6-22-11/h2-3,6,8-9H,4-5,7H2,1H3,(H,17,20). The molecular weight excluding hydrogens is 302 g/mol. The molecule has 6 nitrogen and oxygen atoms in total. The first-order valence-electron chi connectivity index (χ1n) is 7.20. The molecule has 0 bridgehead atoms. The Morgan fingerprint density at radius 1 is 1.50 bits per heavy atom. The molecule has 3 heterocycles. The number of rotatable bonds is 4. The topological polar surface area (TPSA) is 75.4 Å². The fraction of sp³-hybridized carbons (Fsp3) is 0.400. The molecule has 2 aromatic rings.